The first-order valence-electron chi connectivity index (χ1n) is 6.95. The smallest absolute Gasteiger partial charge is 0.247 e. The van der Waals surface area contributed by atoms with Crippen molar-refractivity contribution in [2.75, 3.05) is 11.9 Å². The van der Waals surface area contributed by atoms with E-state index in [9.17, 15) is 9.59 Å². The van der Waals surface area contributed by atoms with Crippen LogP contribution in [0.25, 0.3) is 0 Å². The van der Waals surface area contributed by atoms with E-state index in [1.54, 1.807) is 4.90 Å². The molecule has 2 rings (SSSR count). The van der Waals surface area contributed by atoms with Gasteiger partial charge in [0.2, 0.25) is 11.8 Å². The number of rotatable bonds is 4. The molecule has 21 heavy (non-hydrogen) atoms. The summed E-state index contributed by atoms with van der Waals surface area (Å²) in [7, 11) is 0. The number of anilines is 1. The van der Waals surface area contributed by atoms with Crippen molar-refractivity contribution in [2.45, 2.75) is 32.7 Å². The molecular weight excluding hydrogens is 400 g/mol. The normalized spacial score (nSPS) is 16.4. The van der Waals surface area contributed by atoms with Gasteiger partial charge in [0, 0.05) is 21.9 Å². The predicted molar refractivity (Wildman–Crippen MR) is 90.0 cm³/mol. The van der Waals surface area contributed by atoms with E-state index in [1.165, 1.54) is 0 Å². The Labute approximate surface area is 141 Å². The van der Waals surface area contributed by atoms with Crippen molar-refractivity contribution in [1.82, 2.24) is 4.90 Å². The van der Waals surface area contributed by atoms with Gasteiger partial charge in [-0.25, -0.2) is 0 Å². The summed E-state index contributed by atoms with van der Waals surface area (Å²) < 4.78 is 1.70. The van der Waals surface area contributed by atoms with Crippen LogP contribution in [-0.4, -0.2) is 29.3 Å². The van der Waals surface area contributed by atoms with Gasteiger partial charge in [0.15, 0.2) is 0 Å². The summed E-state index contributed by atoms with van der Waals surface area (Å²) in [6.45, 7) is 4.59. The second-order valence-electron chi connectivity index (χ2n) is 5.49. The first-order valence-corrected chi connectivity index (χ1v) is 8.54. The van der Waals surface area contributed by atoms with Crippen LogP contribution < -0.4 is 5.32 Å². The van der Waals surface area contributed by atoms with Crippen LogP contribution in [0.5, 0.6) is 0 Å². The van der Waals surface area contributed by atoms with E-state index < -0.39 is 6.04 Å². The average Bonchev–Trinajstić information content (AvgIpc) is 2.80. The quantitative estimate of drug-likeness (QED) is 0.809. The Morgan fingerprint density at radius 3 is 2.62 bits per heavy atom. The summed E-state index contributed by atoms with van der Waals surface area (Å²) in [4.78, 5) is 26.2. The summed E-state index contributed by atoms with van der Waals surface area (Å²) in [5, 5.41) is 2.92. The molecule has 0 aliphatic carbocycles. The second kappa shape index (κ2) is 6.92. The van der Waals surface area contributed by atoms with Crippen molar-refractivity contribution in [1.29, 1.82) is 0 Å². The monoisotopic (exact) mass is 416 g/mol. The number of amides is 2. The van der Waals surface area contributed by atoms with Gasteiger partial charge in [-0.1, -0.05) is 29.8 Å². The predicted octanol–water partition coefficient (Wildman–Crippen LogP) is 3.80. The Bertz CT molecular complexity index is 561. The van der Waals surface area contributed by atoms with E-state index in [2.05, 4.69) is 37.2 Å². The molecule has 1 atom stereocenters. The number of benzene rings is 1. The zero-order chi connectivity index (χ0) is 15.6. The molecule has 4 nitrogen and oxygen atoms in total. The SMILES string of the molecule is CC(C)[C@@H](C(=O)Nc1cc(Br)ccc1Br)N1CCCC1=O. The fraction of sp³-hybridized carbons (Fsp3) is 0.467. The minimum absolute atomic E-state index is 0.0668. The number of hydrogen-bond acceptors (Lipinski definition) is 2. The van der Waals surface area contributed by atoms with Crippen molar-refractivity contribution in [2.24, 2.45) is 5.92 Å². The maximum atomic E-state index is 12.6. The van der Waals surface area contributed by atoms with Crippen molar-refractivity contribution in [3.63, 3.8) is 0 Å². The number of carbonyl (C=O) groups is 2. The van der Waals surface area contributed by atoms with E-state index >= 15 is 0 Å². The van der Waals surface area contributed by atoms with Crippen LogP contribution in [0.3, 0.4) is 0 Å². The minimum atomic E-state index is -0.425. The standard InChI is InChI=1S/C15H18Br2N2O2/c1-9(2)14(19-7-3-4-13(19)20)15(21)18-12-8-10(16)5-6-11(12)17/h5-6,8-9,14H,3-4,7H2,1-2H3,(H,18,21)/t14-/m0/s1. The van der Waals surface area contributed by atoms with Gasteiger partial charge in [-0.3, -0.25) is 9.59 Å². The molecule has 0 unspecified atom stereocenters. The van der Waals surface area contributed by atoms with Crippen molar-refractivity contribution in [3.8, 4) is 0 Å². The number of halogens is 2. The highest BCUT2D eigenvalue weighted by Crippen LogP contribution is 2.27. The molecule has 1 heterocycles. The van der Waals surface area contributed by atoms with Crippen LogP contribution in [0, 0.1) is 5.92 Å². The van der Waals surface area contributed by atoms with Gasteiger partial charge in [-0.05, 0) is 46.5 Å². The highest BCUT2D eigenvalue weighted by molar-refractivity contribution is 9.11. The van der Waals surface area contributed by atoms with Crippen LogP contribution in [0.2, 0.25) is 0 Å². The Hall–Kier alpha value is -0.880. The highest BCUT2D eigenvalue weighted by atomic mass is 79.9. The van der Waals surface area contributed by atoms with Crippen molar-refractivity contribution >= 4 is 49.4 Å². The Balaban J connectivity index is 2.19. The first-order chi connectivity index (χ1) is 9.90. The molecule has 1 aliphatic heterocycles. The molecule has 1 N–H and O–H groups in total. The van der Waals surface area contributed by atoms with E-state index in [1.807, 2.05) is 32.0 Å². The molecule has 6 heteroatoms. The molecule has 2 amide bonds. The first kappa shape index (κ1) is 16.5. The molecule has 114 valence electrons. The minimum Gasteiger partial charge on any atom is -0.330 e. The average molecular weight is 418 g/mol. The van der Waals surface area contributed by atoms with Crippen LogP contribution in [0.4, 0.5) is 5.69 Å². The van der Waals surface area contributed by atoms with Gasteiger partial charge in [-0.15, -0.1) is 0 Å². The van der Waals surface area contributed by atoms with Gasteiger partial charge in [-0.2, -0.15) is 0 Å². The number of hydrogen-bond donors (Lipinski definition) is 1. The number of likely N-dealkylation sites (tertiary alicyclic amines) is 1. The molecule has 1 saturated heterocycles. The Morgan fingerprint density at radius 1 is 1.33 bits per heavy atom. The lowest BCUT2D eigenvalue weighted by atomic mass is 10.0. The summed E-state index contributed by atoms with van der Waals surface area (Å²) in [5.74, 6) is -0.00538. The molecule has 0 radical (unpaired) electrons. The molecule has 1 aliphatic rings. The summed E-state index contributed by atoms with van der Waals surface area (Å²) in [6.07, 6.45) is 1.37. The van der Waals surface area contributed by atoms with Crippen LogP contribution >= 0.6 is 31.9 Å². The molecule has 0 saturated carbocycles. The second-order valence-corrected chi connectivity index (χ2v) is 7.26. The van der Waals surface area contributed by atoms with Crippen LogP contribution in [-0.2, 0) is 9.59 Å². The van der Waals surface area contributed by atoms with Gasteiger partial charge >= 0.3 is 0 Å². The van der Waals surface area contributed by atoms with Gasteiger partial charge in [0.1, 0.15) is 6.04 Å². The largest absolute Gasteiger partial charge is 0.330 e. The fourth-order valence-corrected chi connectivity index (χ4v) is 3.27. The lowest BCUT2D eigenvalue weighted by Crippen LogP contribution is -2.48. The highest BCUT2D eigenvalue weighted by Gasteiger charge is 2.35. The molecular formula is C15H18Br2N2O2. The Kier molecular flexibility index (Phi) is 5.43. The summed E-state index contributed by atoms with van der Waals surface area (Å²) in [6, 6.07) is 5.17. The van der Waals surface area contributed by atoms with E-state index in [-0.39, 0.29) is 17.7 Å². The maximum absolute atomic E-state index is 12.6. The third-order valence-corrected chi connectivity index (χ3v) is 4.72. The number of nitrogens with zero attached hydrogens (tertiary/aromatic N) is 1. The number of carbonyl (C=O) groups excluding carboxylic acids is 2. The summed E-state index contributed by atoms with van der Waals surface area (Å²) in [5.41, 5.74) is 0.701. The zero-order valence-corrected chi connectivity index (χ0v) is 15.2. The molecule has 1 aromatic carbocycles. The van der Waals surface area contributed by atoms with Gasteiger partial charge < -0.3 is 10.2 Å². The van der Waals surface area contributed by atoms with E-state index in [0.29, 0.717) is 18.7 Å². The third-order valence-electron chi connectivity index (χ3n) is 3.53. The van der Waals surface area contributed by atoms with Crippen LogP contribution in [0.15, 0.2) is 27.1 Å². The van der Waals surface area contributed by atoms with Crippen LogP contribution in [0.1, 0.15) is 26.7 Å². The zero-order valence-electron chi connectivity index (χ0n) is 12.0. The van der Waals surface area contributed by atoms with E-state index in [4.69, 9.17) is 0 Å². The molecule has 0 spiro atoms. The molecule has 0 bridgehead atoms. The summed E-state index contributed by atoms with van der Waals surface area (Å²) >= 11 is 6.82. The lowest BCUT2D eigenvalue weighted by Gasteiger charge is -2.30. The molecule has 0 aromatic heterocycles. The fourth-order valence-electron chi connectivity index (χ4n) is 2.57. The van der Waals surface area contributed by atoms with Gasteiger partial charge in [0.25, 0.3) is 0 Å². The van der Waals surface area contributed by atoms with Gasteiger partial charge in [0.05, 0.1) is 5.69 Å². The topological polar surface area (TPSA) is 49.4 Å². The molecule has 1 aromatic rings. The van der Waals surface area contributed by atoms with Crippen molar-refractivity contribution in [3.05, 3.63) is 27.1 Å². The third kappa shape index (κ3) is 3.86. The van der Waals surface area contributed by atoms with Crippen molar-refractivity contribution < 1.29 is 9.59 Å². The molecule has 1 fully saturated rings. The lowest BCUT2D eigenvalue weighted by molar-refractivity contribution is -0.136. The van der Waals surface area contributed by atoms with E-state index in [0.717, 1.165) is 15.4 Å². The maximum Gasteiger partial charge on any atom is 0.247 e. The number of nitrogens with one attached hydrogen (secondary N) is 1. The Morgan fingerprint density at radius 2 is 2.05 bits per heavy atom.